The van der Waals surface area contributed by atoms with Gasteiger partial charge in [0.1, 0.15) is 6.61 Å². The molecule has 0 radical (unpaired) electrons. The van der Waals surface area contributed by atoms with Gasteiger partial charge >= 0.3 is 0 Å². The molecule has 3 aromatic carbocycles. The van der Waals surface area contributed by atoms with E-state index in [0.29, 0.717) is 58.9 Å². The minimum atomic E-state index is -0.450. The van der Waals surface area contributed by atoms with Crippen LogP contribution in [0.15, 0.2) is 66.3 Å². The fourth-order valence-electron chi connectivity index (χ4n) is 3.49. The largest absolute Gasteiger partial charge is 0.490 e. The first-order valence-corrected chi connectivity index (χ1v) is 13.5. The van der Waals surface area contributed by atoms with Crippen molar-refractivity contribution in [2.75, 3.05) is 31.7 Å². The standard InChI is InChI=1S/C30H31Cl2N3O6/c1-5-12-40-25-11-9-21(15-26(25)38-6-2)30(37)35-33-17-20-13-24(32)29(27(14-20)39-7-3)41-18-28(36)34-22-10-8-19(4)23(31)16-22/h5,8-11,13-17H,1,6-7,12,18H2,2-4H3,(H,34,36)(H,35,37)/b33-17+. The molecule has 0 saturated carbocycles. The van der Waals surface area contributed by atoms with Gasteiger partial charge in [0.15, 0.2) is 29.6 Å². The molecule has 9 nitrogen and oxygen atoms in total. The molecule has 0 aromatic heterocycles. The van der Waals surface area contributed by atoms with E-state index in [4.69, 9.17) is 42.1 Å². The number of benzene rings is 3. The number of nitrogens with one attached hydrogen (secondary N) is 2. The summed E-state index contributed by atoms with van der Waals surface area (Å²) in [6.45, 7) is 9.87. The number of hydrogen-bond donors (Lipinski definition) is 2. The summed E-state index contributed by atoms with van der Waals surface area (Å²) in [4.78, 5) is 25.1. The molecule has 0 aliphatic heterocycles. The average molecular weight is 600 g/mol. The number of halogens is 2. The van der Waals surface area contributed by atoms with Crippen LogP contribution in [0.1, 0.15) is 35.3 Å². The molecule has 0 fully saturated rings. The van der Waals surface area contributed by atoms with E-state index in [-0.39, 0.29) is 17.4 Å². The summed E-state index contributed by atoms with van der Waals surface area (Å²) in [5.41, 5.74) is 4.79. The molecule has 2 amide bonds. The van der Waals surface area contributed by atoms with Gasteiger partial charge in [-0.1, -0.05) is 41.9 Å². The highest BCUT2D eigenvalue weighted by Crippen LogP contribution is 2.36. The third-order valence-electron chi connectivity index (χ3n) is 5.38. The molecule has 0 heterocycles. The fourth-order valence-corrected chi connectivity index (χ4v) is 3.94. The van der Waals surface area contributed by atoms with E-state index in [2.05, 4.69) is 22.4 Å². The molecule has 0 unspecified atom stereocenters. The van der Waals surface area contributed by atoms with E-state index in [0.717, 1.165) is 5.56 Å². The lowest BCUT2D eigenvalue weighted by atomic mass is 10.2. The molecule has 216 valence electrons. The van der Waals surface area contributed by atoms with Crippen LogP contribution in [0.3, 0.4) is 0 Å². The van der Waals surface area contributed by atoms with Crippen molar-refractivity contribution in [2.24, 2.45) is 5.10 Å². The summed E-state index contributed by atoms with van der Waals surface area (Å²) in [7, 11) is 0. The van der Waals surface area contributed by atoms with Crippen LogP contribution in [-0.4, -0.2) is 44.5 Å². The summed E-state index contributed by atoms with van der Waals surface area (Å²) in [5, 5.41) is 7.50. The molecule has 41 heavy (non-hydrogen) atoms. The first-order valence-electron chi connectivity index (χ1n) is 12.7. The zero-order chi connectivity index (χ0) is 29.8. The topological polar surface area (TPSA) is 107 Å². The quantitative estimate of drug-likeness (QED) is 0.125. The summed E-state index contributed by atoms with van der Waals surface area (Å²) >= 11 is 12.6. The van der Waals surface area contributed by atoms with Crippen LogP contribution in [0, 0.1) is 6.92 Å². The van der Waals surface area contributed by atoms with E-state index in [1.54, 1.807) is 61.5 Å². The molecule has 11 heteroatoms. The van der Waals surface area contributed by atoms with Gasteiger partial charge < -0.3 is 24.3 Å². The predicted molar refractivity (Wildman–Crippen MR) is 161 cm³/mol. The van der Waals surface area contributed by atoms with Gasteiger partial charge in [-0.25, -0.2) is 5.43 Å². The highest BCUT2D eigenvalue weighted by Gasteiger charge is 2.15. The molecular weight excluding hydrogens is 569 g/mol. The molecule has 0 aliphatic carbocycles. The number of rotatable bonds is 14. The Morgan fingerprint density at radius 1 is 0.902 bits per heavy atom. The van der Waals surface area contributed by atoms with Gasteiger partial charge in [0.05, 0.1) is 24.5 Å². The maximum Gasteiger partial charge on any atom is 0.271 e. The maximum absolute atomic E-state index is 12.7. The SMILES string of the molecule is C=CCOc1ccc(C(=O)N/N=C/c2cc(Cl)c(OCC(=O)Nc3ccc(C)c(Cl)c3)c(OCC)c2)cc1OCC. The zero-order valence-electron chi connectivity index (χ0n) is 23.0. The Labute approximate surface area is 249 Å². The summed E-state index contributed by atoms with van der Waals surface area (Å²) < 4.78 is 22.5. The van der Waals surface area contributed by atoms with Crippen LogP contribution in [0.5, 0.6) is 23.0 Å². The Morgan fingerprint density at radius 2 is 1.66 bits per heavy atom. The second-order valence-corrected chi connectivity index (χ2v) is 9.27. The van der Waals surface area contributed by atoms with E-state index >= 15 is 0 Å². The third kappa shape index (κ3) is 9.16. The molecule has 0 saturated heterocycles. The van der Waals surface area contributed by atoms with Crippen molar-refractivity contribution in [3.05, 3.63) is 87.9 Å². The number of amides is 2. The van der Waals surface area contributed by atoms with Crippen LogP contribution in [0.2, 0.25) is 10.0 Å². The average Bonchev–Trinajstić information content (AvgIpc) is 2.94. The minimum Gasteiger partial charge on any atom is -0.490 e. The number of hydrazone groups is 1. The Bertz CT molecular complexity index is 1430. The van der Waals surface area contributed by atoms with Crippen LogP contribution in [0.4, 0.5) is 5.69 Å². The fraction of sp³-hybridized carbons (Fsp3) is 0.233. The summed E-state index contributed by atoms with van der Waals surface area (Å²) in [5.74, 6) is 0.610. The number of aryl methyl sites for hydroxylation is 1. The van der Waals surface area contributed by atoms with Crippen LogP contribution >= 0.6 is 23.2 Å². The highest BCUT2D eigenvalue weighted by atomic mass is 35.5. The lowest BCUT2D eigenvalue weighted by Gasteiger charge is -2.14. The molecule has 3 aromatic rings. The van der Waals surface area contributed by atoms with Crippen LogP contribution < -0.4 is 29.7 Å². The van der Waals surface area contributed by atoms with E-state index in [1.807, 2.05) is 13.8 Å². The number of ether oxygens (including phenoxy) is 4. The number of anilines is 1. The molecule has 2 N–H and O–H groups in total. The lowest BCUT2D eigenvalue weighted by molar-refractivity contribution is -0.118. The molecule has 0 aliphatic rings. The van der Waals surface area contributed by atoms with Gasteiger partial charge in [0.25, 0.3) is 11.8 Å². The third-order valence-corrected chi connectivity index (χ3v) is 6.06. The summed E-state index contributed by atoms with van der Waals surface area (Å²) in [6, 6.07) is 13.2. The molecule has 0 spiro atoms. The minimum absolute atomic E-state index is 0.200. The molecular formula is C30H31Cl2N3O6. The Balaban J connectivity index is 1.67. The van der Waals surface area contributed by atoms with Gasteiger partial charge in [0, 0.05) is 16.3 Å². The van der Waals surface area contributed by atoms with Crippen molar-refractivity contribution in [2.45, 2.75) is 20.8 Å². The van der Waals surface area contributed by atoms with Gasteiger partial charge in [-0.2, -0.15) is 5.10 Å². The predicted octanol–water partition coefficient (Wildman–Crippen LogP) is 6.45. The maximum atomic E-state index is 12.7. The van der Waals surface area contributed by atoms with Crippen molar-refractivity contribution in [3.8, 4) is 23.0 Å². The van der Waals surface area contributed by atoms with Crippen molar-refractivity contribution in [1.82, 2.24) is 5.43 Å². The Morgan fingerprint density at radius 3 is 2.37 bits per heavy atom. The number of hydrogen-bond acceptors (Lipinski definition) is 7. The zero-order valence-corrected chi connectivity index (χ0v) is 24.5. The van der Waals surface area contributed by atoms with Gasteiger partial charge in [-0.05, 0) is 74.4 Å². The number of carbonyl (C=O) groups is 2. The van der Waals surface area contributed by atoms with Gasteiger partial charge in [-0.15, -0.1) is 0 Å². The normalized spacial score (nSPS) is 10.7. The number of carbonyl (C=O) groups excluding carboxylic acids is 2. The van der Waals surface area contributed by atoms with Crippen molar-refractivity contribution >= 4 is 46.9 Å². The van der Waals surface area contributed by atoms with Gasteiger partial charge in [0.2, 0.25) is 0 Å². The second kappa shape index (κ2) is 15.5. The van der Waals surface area contributed by atoms with E-state index < -0.39 is 11.8 Å². The van der Waals surface area contributed by atoms with Crippen LogP contribution in [-0.2, 0) is 4.79 Å². The van der Waals surface area contributed by atoms with Crippen molar-refractivity contribution in [1.29, 1.82) is 0 Å². The summed E-state index contributed by atoms with van der Waals surface area (Å²) in [6.07, 6.45) is 3.03. The first-order chi connectivity index (χ1) is 19.7. The monoisotopic (exact) mass is 599 g/mol. The Hall–Kier alpha value is -4.21. The second-order valence-electron chi connectivity index (χ2n) is 8.46. The Kier molecular flexibility index (Phi) is 11.9. The van der Waals surface area contributed by atoms with E-state index in [1.165, 1.54) is 6.21 Å². The van der Waals surface area contributed by atoms with Crippen molar-refractivity contribution < 1.29 is 28.5 Å². The van der Waals surface area contributed by atoms with Crippen molar-refractivity contribution in [3.63, 3.8) is 0 Å². The molecule has 0 bridgehead atoms. The van der Waals surface area contributed by atoms with E-state index in [9.17, 15) is 9.59 Å². The molecule has 0 atom stereocenters. The number of nitrogens with zero attached hydrogens (tertiary/aromatic N) is 1. The molecule has 3 rings (SSSR count). The lowest BCUT2D eigenvalue weighted by Crippen LogP contribution is -2.20. The van der Waals surface area contributed by atoms with Gasteiger partial charge in [-0.3, -0.25) is 9.59 Å². The highest BCUT2D eigenvalue weighted by molar-refractivity contribution is 6.32. The van der Waals surface area contributed by atoms with Crippen LogP contribution in [0.25, 0.3) is 0 Å². The first kappa shape index (κ1) is 31.3. The smallest absolute Gasteiger partial charge is 0.271 e.